The van der Waals surface area contributed by atoms with E-state index < -0.39 is 11.9 Å². The maximum absolute atomic E-state index is 12.0. The van der Waals surface area contributed by atoms with E-state index >= 15 is 0 Å². The Kier molecular flexibility index (Phi) is 4.20. The fourth-order valence-corrected chi connectivity index (χ4v) is 2.02. The Hall–Kier alpha value is -2.56. The van der Waals surface area contributed by atoms with Crippen molar-refractivity contribution >= 4 is 11.9 Å². The second kappa shape index (κ2) is 6.06. The molecule has 0 bridgehead atoms. The fourth-order valence-electron chi connectivity index (χ4n) is 2.02. The lowest BCUT2D eigenvalue weighted by atomic mass is 9.99. The minimum Gasteiger partial charge on any atom is -0.481 e. The van der Waals surface area contributed by atoms with Crippen LogP contribution in [-0.4, -0.2) is 28.1 Å². The number of hydrogen-bond acceptors (Lipinski definition) is 2. The van der Waals surface area contributed by atoms with E-state index in [1.165, 1.54) is 0 Å². The van der Waals surface area contributed by atoms with Crippen LogP contribution in [0, 0.1) is 0 Å². The second-order valence-electron chi connectivity index (χ2n) is 4.52. The molecule has 0 aliphatic carbocycles. The lowest BCUT2D eigenvalue weighted by Gasteiger charge is -2.14. The summed E-state index contributed by atoms with van der Waals surface area (Å²) in [7, 11) is 1.76. The molecule has 5 nitrogen and oxygen atoms in total. The number of aliphatic carboxylic acids is 1. The Morgan fingerprint density at radius 2 is 1.90 bits per heavy atom. The normalized spacial score (nSPS) is 11.8. The summed E-state index contributed by atoms with van der Waals surface area (Å²) in [4.78, 5) is 23.3. The maximum Gasteiger partial charge on any atom is 0.312 e. The molecule has 0 spiro atoms. The van der Waals surface area contributed by atoms with Crippen LogP contribution >= 0.6 is 0 Å². The lowest BCUT2D eigenvalue weighted by Crippen LogP contribution is -2.32. The molecule has 0 radical (unpaired) electrons. The van der Waals surface area contributed by atoms with Gasteiger partial charge < -0.3 is 15.0 Å². The van der Waals surface area contributed by atoms with Gasteiger partial charge in [-0.05, 0) is 17.7 Å². The Labute approximate surface area is 116 Å². The fraction of sp³-hybridized carbons (Fsp3) is 0.200. The number of carboxylic acids is 1. The monoisotopic (exact) mass is 272 g/mol. The molecule has 2 rings (SSSR count). The van der Waals surface area contributed by atoms with E-state index in [1.54, 1.807) is 54.2 Å². The van der Waals surface area contributed by atoms with Crippen LogP contribution in [0.2, 0.25) is 0 Å². The van der Waals surface area contributed by atoms with Gasteiger partial charge in [-0.25, -0.2) is 0 Å². The van der Waals surface area contributed by atoms with Crippen LogP contribution in [-0.2, 0) is 11.8 Å². The summed E-state index contributed by atoms with van der Waals surface area (Å²) in [6.07, 6.45) is 1.76. The molecule has 1 atom stereocenters. The van der Waals surface area contributed by atoms with Gasteiger partial charge in [-0.3, -0.25) is 9.59 Å². The number of hydrogen-bond donors (Lipinski definition) is 2. The number of rotatable bonds is 5. The molecular weight excluding hydrogens is 256 g/mol. The molecule has 0 fully saturated rings. The van der Waals surface area contributed by atoms with Gasteiger partial charge in [0.05, 0.1) is 5.92 Å². The Bertz CT molecular complexity index is 605. The third-order valence-electron chi connectivity index (χ3n) is 3.14. The van der Waals surface area contributed by atoms with Crippen molar-refractivity contribution in [3.63, 3.8) is 0 Å². The van der Waals surface area contributed by atoms with E-state index in [1.807, 2.05) is 6.07 Å². The quantitative estimate of drug-likeness (QED) is 0.869. The molecule has 0 aliphatic heterocycles. The van der Waals surface area contributed by atoms with E-state index in [0.717, 1.165) is 0 Å². The predicted octanol–water partition coefficient (Wildman–Crippen LogP) is 1.62. The van der Waals surface area contributed by atoms with Gasteiger partial charge in [0.2, 0.25) is 0 Å². The summed E-state index contributed by atoms with van der Waals surface area (Å²) in [5, 5.41) is 11.9. The molecule has 0 aliphatic rings. The number of nitrogens with zero attached hydrogens (tertiary/aromatic N) is 1. The van der Waals surface area contributed by atoms with E-state index in [0.29, 0.717) is 11.3 Å². The molecule has 5 heteroatoms. The second-order valence-corrected chi connectivity index (χ2v) is 4.52. The van der Waals surface area contributed by atoms with Gasteiger partial charge in [0, 0.05) is 19.8 Å². The number of benzene rings is 1. The highest BCUT2D eigenvalue weighted by atomic mass is 16.4. The first-order valence-electron chi connectivity index (χ1n) is 6.27. The average molecular weight is 272 g/mol. The molecule has 20 heavy (non-hydrogen) atoms. The minimum atomic E-state index is -0.955. The van der Waals surface area contributed by atoms with Gasteiger partial charge in [-0.2, -0.15) is 0 Å². The summed E-state index contributed by atoms with van der Waals surface area (Å²) in [6.45, 7) is 0.0589. The SMILES string of the molecule is Cn1cccc1C(=O)NCC(C(=O)O)c1ccccc1. The van der Waals surface area contributed by atoms with Crippen molar-refractivity contribution in [2.75, 3.05) is 6.54 Å². The zero-order valence-corrected chi connectivity index (χ0v) is 11.1. The van der Waals surface area contributed by atoms with Crippen LogP contribution in [0.3, 0.4) is 0 Å². The Morgan fingerprint density at radius 3 is 2.45 bits per heavy atom. The largest absolute Gasteiger partial charge is 0.481 e. The van der Waals surface area contributed by atoms with Crippen LogP contribution in [0.4, 0.5) is 0 Å². The molecule has 0 saturated heterocycles. The standard InChI is InChI=1S/C15H16N2O3/c1-17-9-5-8-13(17)14(18)16-10-12(15(19)20)11-6-3-2-4-7-11/h2-9,12H,10H2,1H3,(H,16,18)(H,19,20). The summed E-state index contributed by atoms with van der Waals surface area (Å²) < 4.78 is 1.69. The van der Waals surface area contributed by atoms with Crippen LogP contribution in [0.15, 0.2) is 48.7 Å². The first kappa shape index (κ1) is 13.9. The van der Waals surface area contributed by atoms with Crippen LogP contribution in [0.5, 0.6) is 0 Å². The smallest absolute Gasteiger partial charge is 0.312 e. The van der Waals surface area contributed by atoms with Gasteiger partial charge in [-0.15, -0.1) is 0 Å². The molecule has 2 N–H and O–H groups in total. The molecule has 1 unspecified atom stereocenters. The third kappa shape index (κ3) is 3.06. The maximum atomic E-state index is 12.0. The van der Waals surface area contributed by atoms with Gasteiger partial charge in [-0.1, -0.05) is 30.3 Å². The molecule has 2 aromatic rings. The van der Waals surface area contributed by atoms with Crippen molar-refractivity contribution in [1.29, 1.82) is 0 Å². The number of nitrogens with one attached hydrogen (secondary N) is 1. The highest BCUT2D eigenvalue weighted by Crippen LogP contribution is 2.15. The van der Waals surface area contributed by atoms with Crippen LogP contribution in [0.25, 0.3) is 0 Å². The first-order chi connectivity index (χ1) is 9.59. The number of carboxylic acid groups (broad SMARTS) is 1. The van der Waals surface area contributed by atoms with Crippen molar-refractivity contribution in [2.24, 2.45) is 7.05 Å². The van der Waals surface area contributed by atoms with E-state index in [2.05, 4.69) is 5.32 Å². The molecule has 104 valence electrons. The van der Waals surface area contributed by atoms with Crippen LogP contribution < -0.4 is 5.32 Å². The average Bonchev–Trinajstić information content (AvgIpc) is 2.86. The van der Waals surface area contributed by atoms with Crippen molar-refractivity contribution in [1.82, 2.24) is 9.88 Å². The third-order valence-corrected chi connectivity index (χ3v) is 3.14. The van der Waals surface area contributed by atoms with Crippen molar-refractivity contribution in [3.05, 3.63) is 59.9 Å². The molecule has 1 heterocycles. The predicted molar refractivity (Wildman–Crippen MR) is 74.6 cm³/mol. The first-order valence-corrected chi connectivity index (χ1v) is 6.27. The van der Waals surface area contributed by atoms with E-state index in [-0.39, 0.29) is 12.5 Å². The number of carbonyl (C=O) groups is 2. The molecule has 1 amide bonds. The van der Waals surface area contributed by atoms with Crippen molar-refractivity contribution in [2.45, 2.75) is 5.92 Å². The summed E-state index contributed by atoms with van der Waals surface area (Å²) >= 11 is 0. The zero-order chi connectivity index (χ0) is 14.5. The zero-order valence-electron chi connectivity index (χ0n) is 11.1. The number of carbonyl (C=O) groups excluding carboxylic acids is 1. The highest BCUT2D eigenvalue weighted by molar-refractivity contribution is 5.93. The van der Waals surface area contributed by atoms with E-state index in [9.17, 15) is 14.7 Å². The van der Waals surface area contributed by atoms with E-state index in [4.69, 9.17) is 0 Å². The highest BCUT2D eigenvalue weighted by Gasteiger charge is 2.21. The number of amides is 1. The molecule has 1 aromatic heterocycles. The van der Waals surface area contributed by atoms with Crippen molar-refractivity contribution in [3.8, 4) is 0 Å². The van der Waals surface area contributed by atoms with Gasteiger partial charge in [0.25, 0.3) is 5.91 Å². The summed E-state index contributed by atoms with van der Waals surface area (Å²) in [5.41, 5.74) is 1.18. The van der Waals surface area contributed by atoms with Crippen LogP contribution in [0.1, 0.15) is 22.0 Å². The number of aryl methyl sites for hydroxylation is 1. The Morgan fingerprint density at radius 1 is 1.20 bits per heavy atom. The summed E-state index contributed by atoms with van der Waals surface area (Å²) in [5.74, 6) is -1.98. The summed E-state index contributed by atoms with van der Waals surface area (Å²) in [6, 6.07) is 12.3. The molecule has 0 saturated carbocycles. The topological polar surface area (TPSA) is 71.3 Å². The lowest BCUT2D eigenvalue weighted by molar-refractivity contribution is -0.138. The molecule has 1 aromatic carbocycles. The minimum absolute atomic E-state index is 0.0589. The molecular formula is C15H16N2O3. The van der Waals surface area contributed by atoms with Gasteiger partial charge in [0.15, 0.2) is 0 Å². The van der Waals surface area contributed by atoms with Gasteiger partial charge in [0.1, 0.15) is 5.69 Å². The number of aromatic nitrogens is 1. The Balaban J connectivity index is 2.06. The van der Waals surface area contributed by atoms with Gasteiger partial charge >= 0.3 is 5.97 Å². The van der Waals surface area contributed by atoms with Crippen molar-refractivity contribution < 1.29 is 14.7 Å².